The highest BCUT2D eigenvalue weighted by atomic mass is 32.1. The van der Waals surface area contributed by atoms with Gasteiger partial charge in [-0.25, -0.2) is 0 Å². The third-order valence-corrected chi connectivity index (χ3v) is 5.16. The van der Waals surface area contributed by atoms with Crippen LogP contribution in [0.4, 0.5) is 5.69 Å². The number of nitrogens with zero attached hydrogens (tertiary/aromatic N) is 1. The van der Waals surface area contributed by atoms with Crippen LogP contribution in [0.5, 0.6) is 0 Å². The second kappa shape index (κ2) is 4.27. The van der Waals surface area contributed by atoms with E-state index in [1.165, 1.54) is 15.5 Å². The molecule has 3 nitrogen and oxygen atoms in total. The summed E-state index contributed by atoms with van der Waals surface area (Å²) < 4.78 is 2.35. The predicted molar refractivity (Wildman–Crippen MR) is 88.2 cm³/mol. The largest absolute Gasteiger partial charge is 0.272 e. The summed E-state index contributed by atoms with van der Waals surface area (Å²) in [7, 11) is 0. The van der Waals surface area contributed by atoms with Gasteiger partial charge in [0, 0.05) is 37.2 Å². The van der Waals surface area contributed by atoms with E-state index in [0.717, 1.165) is 21.0 Å². The molecule has 0 radical (unpaired) electrons. The highest BCUT2D eigenvalue weighted by molar-refractivity contribution is 7.26. The third-order valence-electron chi connectivity index (χ3n) is 3.96. The van der Waals surface area contributed by atoms with Crippen molar-refractivity contribution in [3.05, 3.63) is 64.2 Å². The Balaban J connectivity index is 2.27. The summed E-state index contributed by atoms with van der Waals surface area (Å²) in [5.74, 6) is 0. The molecule has 0 fully saturated rings. The Hall–Kier alpha value is -2.46. The maximum atomic E-state index is 11.2. The van der Waals surface area contributed by atoms with E-state index in [1.54, 1.807) is 17.4 Å². The Labute approximate surface area is 124 Å². The minimum atomic E-state index is -0.305. The Morgan fingerprint density at radius 1 is 1.00 bits per heavy atom. The van der Waals surface area contributed by atoms with Crippen molar-refractivity contribution >= 4 is 48.0 Å². The number of nitro groups is 1. The molecular formula is C17H11NO2S. The first-order valence-corrected chi connectivity index (χ1v) is 7.46. The number of aryl methyl sites for hydroxylation is 1. The monoisotopic (exact) mass is 293 g/mol. The number of hydrogen-bond donors (Lipinski definition) is 0. The molecule has 0 atom stereocenters. The van der Waals surface area contributed by atoms with E-state index in [4.69, 9.17) is 0 Å². The molecule has 0 aliphatic carbocycles. The summed E-state index contributed by atoms with van der Waals surface area (Å²) in [4.78, 5) is 10.9. The summed E-state index contributed by atoms with van der Waals surface area (Å²) in [5, 5.41) is 15.6. The van der Waals surface area contributed by atoms with Gasteiger partial charge in [0.1, 0.15) is 0 Å². The van der Waals surface area contributed by atoms with Gasteiger partial charge in [-0.1, -0.05) is 30.3 Å². The molecule has 1 heterocycles. The molecule has 1 aromatic heterocycles. The Morgan fingerprint density at radius 2 is 1.76 bits per heavy atom. The Bertz CT molecular complexity index is 1030. The molecule has 0 saturated heterocycles. The zero-order chi connectivity index (χ0) is 14.6. The lowest BCUT2D eigenvalue weighted by Gasteiger charge is -2.04. The molecule has 4 heteroatoms. The normalized spacial score (nSPS) is 11.5. The standard InChI is InChI=1S/C17H11NO2S/c1-10-14(18(19)20)9-7-11-6-8-13-12-4-2-3-5-15(12)21-17(13)16(10)11/h2-9H,1H3. The van der Waals surface area contributed by atoms with Crippen molar-refractivity contribution in [2.24, 2.45) is 0 Å². The van der Waals surface area contributed by atoms with Gasteiger partial charge >= 0.3 is 0 Å². The molecule has 0 N–H and O–H groups in total. The number of benzene rings is 3. The van der Waals surface area contributed by atoms with E-state index in [0.29, 0.717) is 0 Å². The van der Waals surface area contributed by atoms with Crippen LogP contribution in [0.15, 0.2) is 48.5 Å². The lowest BCUT2D eigenvalue weighted by molar-refractivity contribution is -0.385. The molecule has 0 aliphatic heterocycles. The van der Waals surface area contributed by atoms with Gasteiger partial charge < -0.3 is 0 Å². The summed E-state index contributed by atoms with van der Waals surface area (Å²) in [6, 6.07) is 15.8. The van der Waals surface area contributed by atoms with Crippen LogP contribution in [0.1, 0.15) is 5.56 Å². The highest BCUT2D eigenvalue weighted by Crippen LogP contribution is 2.41. The van der Waals surface area contributed by atoms with Crippen LogP contribution in [-0.4, -0.2) is 4.92 Å². The smallest absolute Gasteiger partial charge is 0.258 e. The molecule has 4 rings (SSSR count). The SMILES string of the molecule is Cc1c([N+](=O)[O-])ccc2ccc3c4ccccc4sc3c12. The van der Waals surface area contributed by atoms with Gasteiger partial charge in [0.05, 0.1) is 4.92 Å². The Morgan fingerprint density at radius 3 is 2.57 bits per heavy atom. The zero-order valence-corrected chi connectivity index (χ0v) is 12.1. The van der Waals surface area contributed by atoms with E-state index in [2.05, 4.69) is 18.2 Å². The number of thiophene rings is 1. The van der Waals surface area contributed by atoms with Crippen LogP contribution < -0.4 is 0 Å². The van der Waals surface area contributed by atoms with Gasteiger partial charge in [-0.05, 0) is 24.4 Å². The number of nitro benzene ring substituents is 1. The lowest BCUT2D eigenvalue weighted by atomic mass is 10.0. The van der Waals surface area contributed by atoms with Crippen LogP contribution >= 0.6 is 11.3 Å². The number of hydrogen-bond acceptors (Lipinski definition) is 3. The fourth-order valence-electron chi connectivity index (χ4n) is 2.95. The number of fused-ring (bicyclic) bond motifs is 5. The molecule has 0 aliphatic rings. The fraction of sp³-hybridized carbons (Fsp3) is 0.0588. The van der Waals surface area contributed by atoms with Gasteiger partial charge in [-0.2, -0.15) is 0 Å². The van der Waals surface area contributed by atoms with E-state index in [-0.39, 0.29) is 10.6 Å². The number of rotatable bonds is 1. The van der Waals surface area contributed by atoms with Crippen LogP contribution in [0.2, 0.25) is 0 Å². The molecule has 0 bridgehead atoms. The van der Waals surface area contributed by atoms with Gasteiger partial charge in [0.25, 0.3) is 5.69 Å². The second-order valence-electron chi connectivity index (χ2n) is 5.11. The van der Waals surface area contributed by atoms with Crippen molar-refractivity contribution in [1.82, 2.24) is 0 Å². The van der Waals surface area contributed by atoms with Crippen molar-refractivity contribution < 1.29 is 4.92 Å². The molecule has 0 spiro atoms. The first kappa shape index (κ1) is 12.3. The molecule has 102 valence electrons. The molecule has 0 amide bonds. The first-order chi connectivity index (χ1) is 10.2. The predicted octanol–water partition coefficient (Wildman–Crippen LogP) is 5.42. The second-order valence-corrected chi connectivity index (χ2v) is 6.16. The van der Waals surface area contributed by atoms with Crippen molar-refractivity contribution in [3.8, 4) is 0 Å². The zero-order valence-electron chi connectivity index (χ0n) is 11.3. The topological polar surface area (TPSA) is 43.1 Å². The molecular weight excluding hydrogens is 282 g/mol. The molecule has 3 aromatic carbocycles. The minimum Gasteiger partial charge on any atom is -0.258 e. The van der Waals surface area contributed by atoms with Gasteiger partial charge in [-0.3, -0.25) is 10.1 Å². The lowest BCUT2D eigenvalue weighted by Crippen LogP contribution is -1.92. The Kier molecular flexibility index (Phi) is 2.50. The van der Waals surface area contributed by atoms with Crippen LogP contribution in [0.3, 0.4) is 0 Å². The van der Waals surface area contributed by atoms with Crippen molar-refractivity contribution in [2.45, 2.75) is 6.92 Å². The van der Waals surface area contributed by atoms with E-state index in [1.807, 2.05) is 31.2 Å². The third kappa shape index (κ3) is 1.66. The van der Waals surface area contributed by atoms with Crippen molar-refractivity contribution in [1.29, 1.82) is 0 Å². The van der Waals surface area contributed by atoms with Crippen LogP contribution in [-0.2, 0) is 0 Å². The average Bonchev–Trinajstić information content (AvgIpc) is 2.85. The summed E-state index contributed by atoms with van der Waals surface area (Å²) in [5.41, 5.74) is 0.933. The van der Waals surface area contributed by atoms with Gasteiger partial charge in [0.15, 0.2) is 0 Å². The molecule has 21 heavy (non-hydrogen) atoms. The molecule has 0 saturated carbocycles. The average molecular weight is 293 g/mol. The van der Waals surface area contributed by atoms with E-state index < -0.39 is 0 Å². The summed E-state index contributed by atoms with van der Waals surface area (Å²) >= 11 is 1.70. The van der Waals surface area contributed by atoms with Crippen LogP contribution in [0, 0.1) is 17.0 Å². The van der Waals surface area contributed by atoms with E-state index >= 15 is 0 Å². The quantitative estimate of drug-likeness (QED) is 0.347. The summed E-state index contributed by atoms with van der Waals surface area (Å²) in [6.45, 7) is 1.84. The maximum Gasteiger partial charge on any atom is 0.272 e. The van der Waals surface area contributed by atoms with Crippen molar-refractivity contribution in [3.63, 3.8) is 0 Å². The highest BCUT2D eigenvalue weighted by Gasteiger charge is 2.16. The summed E-state index contributed by atoms with van der Waals surface area (Å²) in [6.07, 6.45) is 0. The van der Waals surface area contributed by atoms with Crippen LogP contribution in [0.25, 0.3) is 30.9 Å². The van der Waals surface area contributed by atoms with Crippen molar-refractivity contribution in [2.75, 3.05) is 0 Å². The fourth-order valence-corrected chi connectivity index (χ4v) is 4.26. The van der Waals surface area contributed by atoms with Gasteiger partial charge in [0.2, 0.25) is 0 Å². The molecule has 0 unspecified atom stereocenters. The van der Waals surface area contributed by atoms with E-state index in [9.17, 15) is 10.1 Å². The minimum absolute atomic E-state index is 0.187. The maximum absolute atomic E-state index is 11.2. The first-order valence-electron chi connectivity index (χ1n) is 6.65. The molecule has 4 aromatic rings. The van der Waals surface area contributed by atoms with Gasteiger partial charge in [-0.15, -0.1) is 11.3 Å².